The molecule has 0 spiro atoms. The van der Waals surface area contributed by atoms with Crippen LogP contribution in [0.1, 0.15) is 32.4 Å². The van der Waals surface area contributed by atoms with Gasteiger partial charge in [-0.15, -0.1) is 0 Å². The lowest BCUT2D eigenvalue weighted by molar-refractivity contribution is 0.120. The van der Waals surface area contributed by atoms with Crippen molar-refractivity contribution in [1.82, 2.24) is 5.32 Å². The van der Waals surface area contributed by atoms with E-state index in [1.807, 2.05) is 13.8 Å². The van der Waals surface area contributed by atoms with Crippen molar-refractivity contribution < 1.29 is 13.9 Å². The minimum absolute atomic E-state index is 0.132. The van der Waals surface area contributed by atoms with E-state index in [2.05, 4.69) is 5.32 Å². The molecule has 2 N–H and O–H groups in total. The third kappa shape index (κ3) is 4.06. The van der Waals surface area contributed by atoms with Crippen molar-refractivity contribution >= 4 is 0 Å². The van der Waals surface area contributed by atoms with Crippen molar-refractivity contribution in [3.63, 3.8) is 0 Å². The Morgan fingerprint density at radius 1 is 1.24 bits per heavy atom. The molecule has 0 radical (unpaired) electrons. The van der Waals surface area contributed by atoms with Crippen LogP contribution in [-0.2, 0) is 0 Å². The maximum absolute atomic E-state index is 13.4. The number of hydrogen-bond acceptors (Lipinski definition) is 2. The van der Waals surface area contributed by atoms with Gasteiger partial charge in [0.1, 0.15) is 11.6 Å². The van der Waals surface area contributed by atoms with Crippen molar-refractivity contribution in [2.75, 3.05) is 6.54 Å². The zero-order valence-electron chi connectivity index (χ0n) is 10.4. The largest absolute Gasteiger partial charge is 0.392 e. The quantitative estimate of drug-likeness (QED) is 0.833. The molecule has 17 heavy (non-hydrogen) atoms. The van der Waals surface area contributed by atoms with Crippen LogP contribution in [0.15, 0.2) is 18.2 Å². The van der Waals surface area contributed by atoms with Crippen LogP contribution in [0.4, 0.5) is 8.78 Å². The Kier molecular flexibility index (Phi) is 5.02. The predicted octanol–water partition coefficient (Wildman–Crippen LogP) is 2.63. The predicted molar refractivity (Wildman–Crippen MR) is 63.6 cm³/mol. The van der Waals surface area contributed by atoms with E-state index in [1.165, 1.54) is 6.07 Å². The summed E-state index contributed by atoms with van der Waals surface area (Å²) in [6.45, 7) is 5.90. The van der Waals surface area contributed by atoms with E-state index in [1.54, 1.807) is 6.92 Å². The lowest BCUT2D eigenvalue weighted by Gasteiger charge is -2.20. The first-order valence-electron chi connectivity index (χ1n) is 5.78. The topological polar surface area (TPSA) is 32.3 Å². The van der Waals surface area contributed by atoms with Gasteiger partial charge in [-0.3, -0.25) is 0 Å². The first-order valence-corrected chi connectivity index (χ1v) is 5.78. The lowest BCUT2D eigenvalue weighted by Crippen LogP contribution is -2.32. The van der Waals surface area contributed by atoms with Crippen LogP contribution < -0.4 is 5.32 Å². The molecule has 0 saturated heterocycles. The molecule has 1 aromatic carbocycles. The van der Waals surface area contributed by atoms with Gasteiger partial charge in [-0.25, -0.2) is 8.78 Å². The van der Waals surface area contributed by atoms with E-state index >= 15 is 0 Å². The van der Waals surface area contributed by atoms with Crippen molar-refractivity contribution in [1.29, 1.82) is 0 Å². The molecule has 0 aliphatic heterocycles. The van der Waals surface area contributed by atoms with Gasteiger partial charge < -0.3 is 10.4 Å². The Labute approximate surface area is 101 Å². The summed E-state index contributed by atoms with van der Waals surface area (Å²) >= 11 is 0. The summed E-state index contributed by atoms with van der Waals surface area (Å²) in [6.07, 6.45) is -0.492. The molecule has 1 rings (SSSR count). The second kappa shape index (κ2) is 6.07. The molecule has 0 bridgehead atoms. The Morgan fingerprint density at radius 3 is 2.47 bits per heavy atom. The van der Waals surface area contributed by atoms with Gasteiger partial charge in [0.05, 0.1) is 6.10 Å². The Hall–Kier alpha value is -1.00. The molecule has 0 aromatic heterocycles. The summed E-state index contributed by atoms with van der Waals surface area (Å²) in [7, 11) is 0. The van der Waals surface area contributed by atoms with E-state index in [-0.39, 0.29) is 17.5 Å². The highest BCUT2D eigenvalue weighted by Crippen LogP contribution is 2.18. The number of halogens is 2. The van der Waals surface area contributed by atoms with Crippen LogP contribution in [0.25, 0.3) is 0 Å². The third-order valence-electron chi connectivity index (χ3n) is 2.83. The number of aliphatic hydroxyl groups excluding tert-OH is 1. The summed E-state index contributed by atoms with van der Waals surface area (Å²) in [6, 6.07) is 3.05. The maximum atomic E-state index is 13.4. The molecule has 0 aliphatic rings. The number of nitrogens with one attached hydrogen (secondary N) is 1. The molecular weight excluding hydrogens is 224 g/mol. The molecule has 2 unspecified atom stereocenters. The summed E-state index contributed by atoms with van der Waals surface area (Å²) in [4.78, 5) is 0. The summed E-state index contributed by atoms with van der Waals surface area (Å²) in [5.74, 6) is -0.767. The zero-order chi connectivity index (χ0) is 13.0. The highest BCUT2D eigenvalue weighted by Gasteiger charge is 2.14. The van der Waals surface area contributed by atoms with Crippen molar-refractivity contribution in [3.8, 4) is 0 Å². The van der Waals surface area contributed by atoms with Crippen LogP contribution in [0, 0.1) is 17.6 Å². The molecule has 0 amide bonds. The van der Waals surface area contributed by atoms with Crippen LogP contribution >= 0.6 is 0 Å². The maximum Gasteiger partial charge on any atom is 0.128 e. The van der Waals surface area contributed by atoms with E-state index in [9.17, 15) is 13.9 Å². The van der Waals surface area contributed by atoms with Crippen LogP contribution in [0.3, 0.4) is 0 Å². The minimum Gasteiger partial charge on any atom is -0.392 e. The Bertz CT molecular complexity index is 368. The summed E-state index contributed by atoms with van der Waals surface area (Å²) < 4.78 is 26.4. The van der Waals surface area contributed by atoms with E-state index < -0.39 is 17.7 Å². The first kappa shape index (κ1) is 14.1. The van der Waals surface area contributed by atoms with E-state index in [0.29, 0.717) is 6.54 Å². The average molecular weight is 243 g/mol. The van der Waals surface area contributed by atoms with Crippen LogP contribution in [-0.4, -0.2) is 17.8 Å². The van der Waals surface area contributed by atoms with Crippen LogP contribution in [0.5, 0.6) is 0 Å². The molecule has 0 saturated carbocycles. The third-order valence-corrected chi connectivity index (χ3v) is 2.83. The second-order valence-electron chi connectivity index (χ2n) is 4.61. The van der Waals surface area contributed by atoms with Gasteiger partial charge in [0.25, 0.3) is 0 Å². The number of rotatable bonds is 5. The van der Waals surface area contributed by atoms with Crippen LogP contribution in [0.2, 0.25) is 0 Å². The molecule has 4 heteroatoms. The summed E-state index contributed by atoms with van der Waals surface area (Å²) in [5.41, 5.74) is 0.279. The van der Waals surface area contributed by atoms with Gasteiger partial charge in [-0.1, -0.05) is 13.8 Å². The fourth-order valence-corrected chi connectivity index (χ4v) is 1.49. The molecule has 96 valence electrons. The second-order valence-corrected chi connectivity index (χ2v) is 4.61. The van der Waals surface area contributed by atoms with Gasteiger partial charge in [0.15, 0.2) is 0 Å². The molecule has 0 heterocycles. The number of hydrogen-bond donors (Lipinski definition) is 2. The van der Waals surface area contributed by atoms with Gasteiger partial charge in [0, 0.05) is 18.2 Å². The number of benzene rings is 1. The fourth-order valence-electron chi connectivity index (χ4n) is 1.49. The van der Waals surface area contributed by atoms with E-state index in [0.717, 1.165) is 12.1 Å². The van der Waals surface area contributed by atoms with Gasteiger partial charge in [-0.05, 0) is 31.0 Å². The fraction of sp³-hybridized carbons (Fsp3) is 0.538. The molecule has 2 atom stereocenters. The molecule has 0 fully saturated rings. The lowest BCUT2D eigenvalue weighted by atomic mass is 10.0. The average Bonchev–Trinajstić information content (AvgIpc) is 2.28. The van der Waals surface area contributed by atoms with E-state index in [4.69, 9.17) is 0 Å². The molecular formula is C13H19F2NO. The SMILES string of the molecule is CC(NCC(O)C(C)C)c1cc(F)ccc1F. The summed E-state index contributed by atoms with van der Waals surface area (Å²) in [5, 5.41) is 12.6. The van der Waals surface area contributed by atoms with Crippen molar-refractivity contribution in [2.45, 2.75) is 32.9 Å². The normalized spacial score (nSPS) is 15.0. The molecule has 1 aromatic rings. The van der Waals surface area contributed by atoms with Gasteiger partial charge >= 0.3 is 0 Å². The van der Waals surface area contributed by atoms with Gasteiger partial charge in [0.2, 0.25) is 0 Å². The Morgan fingerprint density at radius 2 is 1.88 bits per heavy atom. The zero-order valence-corrected chi connectivity index (χ0v) is 10.4. The highest BCUT2D eigenvalue weighted by atomic mass is 19.1. The Balaban J connectivity index is 2.63. The molecule has 2 nitrogen and oxygen atoms in total. The highest BCUT2D eigenvalue weighted by molar-refractivity contribution is 5.21. The smallest absolute Gasteiger partial charge is 0.128 e. The van der Waals surface area contributed by atoms with Crippen molar-refractivity contribution in [2.24, 2.45) is 5.92 Å². The van der Waals surface area contributed by atoms with Gasteiger partial charge in [-0.2, -0.15) is 0 Å². The minimum atomic E-state index is -0.492. The monoisotopic (exact) mass is 243 g/mol. The number of aliphatic hydroxyl groups is 1. The standard InChI is InChI=1S/C13H19F2NO/c1-8(2)13(17)7-16-9(3)11-6-10(14)4-5-12(11)15/h4-6,8-9,13,16-17H,7H2,1-3H3. The molecule has 0 aliphatic carbocycles. The van der Waals surface area contributed by atoms with Crippen molar-refractivity contribution in [3.05, 3.63) is 35.4 Å². The first-order chi connectivity index (χ1) is 7.91.